The molecule has 1 atom stereocenters. The van der Waals surface area contributed by atoms with Gasteiger partial charge in [-0.15, -0.1) is 32.9 Å². The minimum atomic E-state index is -0.369. The molecule has 0 saturated carbocycles. The molecule has 2 aliphatic rings. The van der Waals surface area contributed by atoms with Gasteiger partial charge < -0.3 is 14.6 Å². The minimum Gasteiger partial charge on any atom is -0.465 e. The third-order valence-corrected chi connectivity index (χ3v) is 10.7. The van der Waals surface area contributed by atoms with Crippen molar-refractivity contribution in [2.75, 3.05) is 18.2 Å². The SMILES string of the molecule is CCCn1c(SCC(=O)Nc2sc3c(c2C(=O)OC)CCCCCC3)nnc1-c1csc2c1CCC(C)C2. The Morgan fingerprint density at radius 2 is 1.95 bits per heavy atom. The van der Waals surface area contributed by atoms with Crippen LogP contribution in [-0.2, 0) is 41.8 Å². The third kappa shape index (κ3) is 5.72. The number of methoxy groups -OCH3 is 1. The van der Waals surface area contributed by atoms with Crippen LogP contribution >= 0.6 is 34.4 Å². The maximum Gasteiger partial charge on any atom is 0.341 e. The van der Waals surface area contributed by atoms with Gasteiger partial charge in [0, 0.05) is 27.2 Å². The van der Waals surface area contributed by atoms with E-state index in [0.717, 1.165) is 74.0 Å². The summed E-state index contributed by atoms with van der Waals surface area (Å²) in [6, 6.07) is 0. The topological polar surface area (TPSA) is 86.1 Å². The Bertz CT molecular complexity index is 1310. The van der Waals surface area contributed by atoms with Crippen LogP contribution < -0.4 is 5.32 Å². The van der Waals surface area contributed by atoms with Crippen molar-refractivity contribution in [3.05, 3.63) is 31.8 Å². The number of hydrogen-bond acceptors (Lipinski definition) is 8. The molecule has 3 heterocycles. The highest BCUT2D eigenvalue weighted by Crippen LogP contribution is 2.39. The fourth-order valence-corrected chi connectivity index (χ4v) is 8.80. The van der Waals surface area contributed by atoms with Gasteiger partial charge in [0.2, 0.25) is 5.91 Å². The van der Waals surface area contributed by atoms with Gasteiger partial charge >= 0.3 is 5.97 Å². The van der Waals surface area contributed by atoms with Gasteiger partial charge in [0.15, 0.2) is 11.0 Å². The number of thioether (sulfide) groups is 1. The molecule has 1 amide bonds. The second kappa shape index (κ2) is 12.3. The molecule has 10 heteroatoms. The van der Waals surface area contributed by atoms with Crippen LogP contribution in [0.3, 0.4) is 0 Å². The average molecular weight is 573 g/mol. The molecule has 7 nitrogen and oxygen atoms in total. The van der Waals surface area contributed by atoms with Crippen molar-refractivity contribution >= 4 is 51.3 Å². The number of rotatable bonds is 8. The van der Waals surface area contributed by atoms with E-state index in [1.165, 1.54) is 70.4 Å². The summed E-state index contributed by atoms with van der Waals surface area (Å²) >= 11 is 4.77. The zero-order valence-electron chi connectivity index (χ0n) is 22.4. The van der Waals surface area contributed by atoms with Crippen molar-refractivity contribution in [3.63, 3.8) is 0 Å². The predicted molar refractivity (Wildman–Crippen MR) is 156 cm³/mol. The molecule has 0 fully saturated rings. The molecule has 0 aliphatic heterocycles. The summed E-state index contributed by atoms with van der Waals surface area (Å²) < 4.78 is 7.26. The van der Waals surface area contributed by atoms with Gasteiger partial charge in [-0.05, 0) is 68.4 Å². The Morgan fingerprint density at radius 1 is 1.13 bits per heavy atom. The number of esters is 1. The lowest BCUT2D eigenvalue weighted by molar-refractivity contribution is -0.113. The standard InChI is InChI=1S/C28H36N4O3S3/c1-4-13-32-25(20-15-36-22-14-17(2)11-12-18(20)22)30-31-28(32)37-16-23(33)29-26-24(27(34)35-3)19-9-7-5-6-8-10-21(19)38-26/h15,17H,4-14,16H2,1-3H3,(H,29,33). The third-order valence-electron chi connectivity index (χ3n) is 7.45. The van der Waals surface area contributed by atoms with Crippen molar-refractivity contribution in [1.82, 2.24) is 14.8 Å². The molecule has 0 bridgehead atoms. The van der Waals surface area contributed by atoms with Crippen LogP contribution in [0.2, 0.25) is 0 Å². The first-order chi connectivity index (χ1) is 18.5. The largest absolute Gasteiger partial charge is 0.465 e. The second-order valence-electron chi connectivity index (χ2n) is 10.3. The zero-order chi connectivity index (χ0) is 26.6. The second-order valence-corrected chi connectivity index (χ2v) is 13.3. The number of nitrogens with one attached hydrogen (secondary N) is 1. The van der Waals surface area contributed by atoms with Gasteiger partial charge in [-0.2, -0.15) is 0 Å². The van der Waals surface area contributed by atoms with Crippen molar-refractivity contribution in [3.8, 4) is 11.4 Å². The predicted octanol–water partition coefficient (Wildman–Crippen LogP) is 6.78. The lowest BCUT2D eigenvalue weighted by atomic mass is 9.88. The van der Waals surface area contributed by atoms with Crippen LogP contribution in [-0.4, -0.2) is 39.5 Å². The fraction of sp³-hybridized carbons (Fsp3) is 0.571. The van der Waals surface area contributed by atoms with Crippen LogP contribution in [0.4, 0.5) is 5.00 Å². The van der Waals surface area contributed by atoms with Gasteiger partial charge in [0.25, 0.3) is 0 Å². The maximum absolute atomic E-state index is 13.1. The monoisotopic (exact) mass is 572 g/mol. The molecule has 0 saturated heterocycles. The van der Waals surface area contributed by atoms with Gasteiger partial charge in [0.1, 0.15) is 5.00 Å². The number of hydrogen-bond donors (Lipinski definition) is 1. The van der Waals surface area contributed by atoms with E-state index >= 15 is 0 Å². The molecule has 38 heavy (non-hydrogen) atoms. The van der Waals surface area contributed by atoms with E-state index < -0.39 is 0 Å². The highest BCUT2D eigenvalue weighted by molar-refractivity contribution is 7.99. The Hall–Kier alpha value is -2.17. The molecule has 3 aromatic heterocycles. The Morgan fingerprint density at radius 3 is 2.74 bits per heavy atom. The Labute approximate surface area is 236 Å². The van der Waals surface area contributed by atoms with E-state index in [-0.39, 0.29) is 17.6 Å². The number of thiophene rings is 2. The molecule has 3 aromatic rings. The van der Waals surface area contributed by atoms with E-state index in [9.17, 15) is 9.59 Å². The van der Waals surface area contributed by atoms with Crippen LogP contribution in [0.5, 0.6) is 0 Å². The van der Waals surface area contributed by atoms with Gasteiger partial charge in [-0.25, -0.2) is 4.79 Å². The fourth-order valence-electron chi connectivity index (χ4n) is 5.50. The summed E-state index contributed by atoms with van der Waals surface area (Å²) in [5.41, 5.74) is 4.23. The minimum absolute atomic E-state index is 0.149. The number of anilines is 1. The van der Waals surface area contributed by atoms with Crippen molar-refractivity contribution in [2.45, 2.75) is 89.8 Å². The van der Waals surface area contributed by atoms with Crippen LogP contribution in [0.1, 0.15) is 83.6 Å². The number of nitrogens with zero attached hydrogens (tertiary/aromatic N) is 3. The summed E-state index contributed by atoms with van der Waals surface area (Å²) in [5.74, 6) is 1.32. The van der Waals surface area contributed by atoms with Crippen molar-refractivity contribution < 1.29 is 14.3 Å². The number of carbonyl (C=O) groups is 2. The first-order valence-electron chi connectivity index (χ1n) is 13.7. The number of amides is 1. The number of aryl methyl sites for hydroxylation is 1. The molecule has 0 spiro atoms. The van der Waals surface area contributed by atoms with Crippen molar-refractivity contribution in [2.24, 2.45) is 5.92 Å². The molecule has 1 N–H and O–H groups in total. The normalized spacial score (nSPS) is 17.3. The molecular formula is C28H36N4O3S3. The van der Waals surface area contributed by atoms with E-state index in [1.54, 1.807) is 0 Å². The molecule has 0 aromatic carbocycles. The smallest absolute Gasteiger partial charge is 0.341 e. The molecule has 1 unspecified atom stereocenters. The number of aromatic nitrogens is 3. The van der Waals surface area contributed by atoms with Crippen LogP contribution in [0.15, 0.2) is 10.5 Å². The highest BCUT2D eigenvalue weighted by atomic mass is 32.2. The molecule has 204 valence electrons. The molecule has 5 rings (SSSR count). The van der Waals surface area contributed by atoms with Gasteiger partial charge in [-0.1, -0.05) is 38.5 Å². The summed E-state index contributed by atoms with van der Waals surface area (Å²) in [6.07, 6.45) is 10.7. The zero-order valence-corrected chi connectivity index (χ0v) is 24.9. The first kappa shape index (κ1) is 27.4. The quantitative estimate of drug-likeness (QED) is 0.237. The lowest BCUT2D eigenvalue weighted by Gasteiger charge is -2.19. The number of carbonyl (C=O) groups excluding carboxylic acids is 2. The summed E-state index contributed by atoms with van der Waals surface area (Å²) in [6.45, 7) is 5.27. The van der Waals surface area contributed by atoms with E-state index in [0.29, 0.717) is 10.6 Å². The number of fused-ring (bicyclic) bond motifs is 2. The van der Waals surface area contributed by atoms with Crippen molar-refractivity contribution in [1.29, 1.82) is 0 Å². The van der Waals surface area contributed by atoms with Crippen LogP contribution in [0, 0.1) is 5.92 Å². The summed E-state index contributed by atoms with van der Waals surface area (Å²) in [5, 5.41) is 15.7. The van der Waals surface area contributed by atoms with E-state index in [4.69, 9.17) is 4.74 Å². The molecular weight excluding hydrogens is 537 g/mol. The highest BCUT2D eigenvalue weighted by Gasteiger charge is 2.27. The summed E-state index contributed by atoms with van der Waals surface area (Å²) in [7, 11) is 1.40. The Balaban J connectivity index is 1.33. The van der Waals surface area contributed by atoms with E-state index in [2.05, 4.69) is 39.3 Å². The van der Waals surface area contributed by atoms with Gasteiger partial charge in [-0.3, -0.25) is 4.79 Å². The molecule has 0 radical (unpaired) electrons. The molecule has 2 aliphatic carbocycles. The first-order valence-corrected chi connectivity index (χ1v) is 16.4. The van der Waals surface area contributed by atoms with Gasteiger partial charge in [0.05, 0.1) is 18.4 Å². The lowest BCUT2D eigenvalue weighted by Crippen LogP contribution is -2.17. The van der Waals surface area contributed by atoms with Crippen LogP contribution in [0.25, 0.3) is 11.4 Å². The summed E-state index contributed by atoms with van der Waals surface area (Å²) in [4.78, 5) is 28.5. The average Bonchev–Trinajstić information content (AvgIpc) is 3.57. The maximum atomic E-state index is 13.1. The number of ether oxygens (including phenoxy) is 1. The Kier molecular flexibility index (Phi) is 8.90. The van der Waals surface area contributed by atoms with E-state index in [1.807, 2.05) is 11.3 Å².